The third kappa shape index (κ3) is 3.23. The molecule has 1 aromatic rings. The van der Waals surface area contributed by atoms with Crippen LogP contribution in [0.4, 0.5) is 5.69 Å². The van der Waals surface area contributed by atoms with Crippen molar-refractivity contribution in [3.05, 3.63) is 28.2 Å². The van der Waals surface area contributed by atoms with Gasteiger partial charge in [-0.15, -0.1) is 0 Å². The quantitative estimate of drug-likeness (QED) is 0.822. The molecule has 2 rings (SSSR count). The molecule has 1 atom stereocenters. The van der Waals surface area contributed by atoms with Crippen LogP contribution in [0.1, 0.15) is 38.7 Å². The standard InChI is InChI=1S/C14H19BrN2S/c1-14(2)6-5-10(8-14)17-12-4-3-9(13(16)18)7-11(12)15/h3-4,7,10,17H,5-6,8H2,1-2H3,(H2,16,18). The van der Waals surface area contributed by atoms with Gasteiger partial charge in [-0.05, 0) is 58.8 Å². The van der Waals surface area contributed by atoms with Crippen molar-refractivity contribution in [1.29, 1.82) is 0 Å². The molecule has 0 amide bonds. The molecule has 1 fully saturated rings. The molecule has 1 aliphatic carbocycles. The van der Waals surface area contributed by atoms with Gasteiger partial charge in [0.05, 0.1) is 0 Å². The van der Waals surface area contributed by atoms with E-state index in [4.69, 9.17) is 18.0 Å². The zero-order valence-electron chi connectivity index (χ0n) is 10.8. The first-order valence-electron chi connectivity index (χ1n) is 6.23. The summed E-state index contributed by atoms with van der Waals surface area (Å²) < 4.78 is 1.03. The van der Waals surface area contributed by atoms with Crippen molar-refractivity contribution >= 4 is 38.8 Å². The van der Waals surface area contributed by atoms with Crippen LogP contribution in [-0.2, 0) is 0 Å². The Kier molecular flexibility index (Phi) is 3.97. The maximum absolute atomic E-state index is 5.62. The van der Waals surface area contributed by atoms with Crippen molar-refractivity contribution in [2.24, 2.45) is 11.1 Å². The maximum Gasteiger partial charge on any atom is 0.104 e. The van der Waals surface area contributed by atoms with Crippen molar-refractivity contribution in [3.8, 4) is 0 Å². The van der Waals surface area contributed by atoms with E-state index in [0.717, 1.165) is 15.7 Å². The first kappa shape index (κ1) is 13.8. The molecule has 98 valence electrons. The van der Waals surface area contributed by atoms with Gasteiger partial charge >= 0.3 is 0 Å². The molecule has 4 heteroatoms. The number of nitrogens with two attached hydrogens (primary N) is 1. The Bertz CT molecular complexity index is 471. The highest BCUT2D eigenvalue weighted by molar-refractivity contribution is 9.10. The van der Waals surface area contributed by atoms with Crippen LogP contribution < -0.4 is 11.1 Å². The summed E-state index contributed by atoms with van der Waals surface area (Å²) in [5.74, 6) is 0. The fraction of sp³-hybridized carbons (Fsp3) is 0.500. The van der Waals surface area contributed by atoms with Gasteiger partial charge in [-0.25, -0.2) is 0 Å². The lowest BCUT2D eigenvalue weighted by Crippen LogP contribution is -2.18. The first-order valence-corrected chi connectivity index (χ1v) is 7.43. The van der Waals surface area contributed by atoms with Crippen molar-refractivity contribution in [2.45, 2.75) is 39.2 Å². The van der Waals surface area contributed by atoms with Gasteiger partial charge in [-0.1, -0.05) is 26.1 Å². The van der Waals surface area contributed by atoms with E-state index in [0.29, 0.717) is 16.4 Å². The number of hydrogen-bond donors (Lipinski definition) is 2. The highest BCUT2D eigenvalue weighted by Gasteiger charge is 2.30. The second-order valence-corrected chi connectivity index (χ2v) is 7.10. The lowest BCUT2D eigenvalue weighted by molar-refractivity contribution is 0.378. The lowest BCUT2D eigenvalue weighted by Gasteiger charge is -2.19. The summed E-state index contributed by atoms with van der Waals surface area (Å²) in [6.45, 7) is 4.67. The summed E-state index contributed by atoms with van der Waals surface area (Å²) in [7, 11) is 0. The molecule has 0 aromatic heterocycles. The molecule has 0 aliphatic heterocycles. The molecule has 0 radical (unpaired) electrons. The van der Waals surface area contributed by atoms with Crippen LogP contribution >= 0.6 is 28.1 Å². The third-order valence-electron chi connectivity index (χ3n) is 3.58. The monoisotopic (exact) mass is 326 g/mol. The second-order valence-electron chi connectivity index (χ2n) is 5.81. The summed E-state index contributed by atoms with van der Waals surface area (Å²) in [6.07, 6.45) is 3.74. The number of halogens is 1. The van der Waals surface area contributed by atoms with E-state index < -0.39 is 0 Å². The summed E-state index contributed by atoms with van der Waals surface area (Å²) >= 11 is 8.55. The summed E-state index contributed by atoms with van der Waals surface area (Å²) in [4.78, 5) is 0.434. The van der Waals surface area contributed by atoms with Gasteiger partial charge in [0.25, 0.3) is 0 Å². The molecule has 0 heterocycles. The number of nitrogens with one attached hydrogen (secondary N) is 1. The van der Waals surface area contributed by atoms with Crippen LogP contribution in [0.25, 0.3) is 0 Å². The molecule has 18 heavy (non-hydrogen) atoms. The minimum absolute atomic E-state index is 0.434. The van der Waals surface area contributed by atoms with Gasteiger partial charge in [0.2, 0.25) is 0 Å². The Morgan fingerprint density at radius 1 is 1.50 bits per heavy atom. The van der Waals surface area contributed by atoms with Crippen molar-refractivity contribution in [2.75, 3.05) is 5.32 Å². The number of anilines is 1. The zero-order chi connectivity index (χ0) is 13.3. The van der Waals surface area contributed by atoms with E-state index in [1.165, 1.54) is 19.3 Å². The molecule has 1 aliphatic rings. The van der Waals surface area contributed by atoms with E-state index in [1.54, 1.807) is 0 Å². The van der Waals surface area contributed by atoms with Crippen LogP contribution in [0, 0.1) is 5.41 Å². The highest BCUT2D eigenvalue weighted by atomic mass is 79.9. The average Bonchev–Trinajstić information content (AvgIpc) is 2.61. The Labute approximate surface area is 122 Å². The van der Waals surface area contributed by atoms with E-state index in [9.17, 15) is 0 Å². The summed E-state index contributed by atoms with van der Waals surface area (Å²) in [5.41, 5.74) is 8.10. The van der Waals surface area contributed by atoms with E-state index >= 15 is 0 Å². The van der Waals surface area contributed by atoms with Gasteiger partial charge in [0.15, 0.2) is 0 Å². The van der Waals surface area contributed by atoms with Crippen LogP contribution in [-0.4, -0.2) is 11.0 Å². The SMILES string of the molecule is CC1(C)CCC(Nc2ccc(C(N)=S)cc2Br)C1. The fourth-order valence-corrected chi connectivity index (χ4v) is 3.18. The number of hydrogen-bond acceptors (Lipinski definition) is 2. The van der Waals surface area contributed by atoms with E-state index in [2.05, 4.69) is 35.1 Å². The predicted molar refractivity (Wildman–Crippen MR) is 85.1 cm³/mol. The minimum Gasteiger partial charge on any atom is -0.389 e. The van der Waals surface area contributed by atoms with Gasteiger partial charge in [-0.2, -0.15) is 0 Å². The number of rotatable bonds is 3. The zero-order valence-corrected chi connectivity index (χ0v) is 13.2. The van der Waals surface area contributed by atoms with E-state index in [-0.39, 0.29) is 0 Å². The van der Waals surface area contributed by atoms with Crippen LogP contribution in [0.5, 0.6) is 0 Å². The minimum atomic E-state index is 0.434. The Morgan fingerprint density at radius 2 is 2.22 bits per heavy atom. The number of thiocarbonyl (C=S) groups is 1. The summed E-state index contributed by atoms with van der Waals surface area (Å²) in [6, 6.07) is 6.55. The molecule has 1 aromatic carbocycles. The summed E-state index contributed by atoms with van der Waals surface area (Å²) in [5, 5.41) is 3.60. The van der Waals surface area contributed by atoms with Crippen LogP contribution in [0.15, 0.2) is 22.7 Å². The fourth-order valence-electron chi connectivity index (χ4n) is 2.56. The van der Waals surface area contributed by atoms with Gasteiger partial charge in [0, 0.05) is 21.8 Å². The predicted octanol–water partition coefficient (Wildman–Crippen LogP) is 4.07. The largest absolute Gasteiger partial charge is 0.389 e. The van der Waals surface area contributed by atoms with Gasteiger partial charge < -0.3 is 11.1 Å². The maximum atomic E-state index is 5.62. The Hall–Kier alpha value is -0.610. The molecule has 1 saturated carbocycles. The van der Waals surface area contributed by atoms with Crippen molar-refractivity contribution in [3.63, 3.8) is 0 Å². The van der Waals surface area contributed by atoms with Crippen molar-refractivity contribution < 1.29 is 0 Å². The van der Waals surface area contributed by atoms with Gasteiger partial charge in [-0.3, -0.25) is 0 Å². The molecule has 0 saturated heterocycles. The molecular formula is C14H19BrN2S. The Balaban J connectivity index is 2.09. The lowest BCUT2D eigenvalue weighted by atomic mass is 9.92. The van der Waals surface area contributed by atoms with Crippen LogP contribution in [0.3, 0.4) is 0 Å². The van der Waals surface area contributed by atoms with Crippen LogP contribution in [0.2, 0.25) is 0 Å². The molecular weight excluding hydrogens is 308 g/mol. The number of benzene rings is 1. The Morgan fingerprint density at radius 3 is 2.72 bits per heavy atom. The second kappa shape index (κ2) is 5.17. The first-order chi connectivity index (χ1) is 8.37. The van der Waals surface area contributed by atoms with Gasteiger partial charge in [0.1, 0.15) is 4.99 Å². The molecule has 3 N–H and O–H groups in total. The van der Waals surface area contributed by atoms with Crippen molar-refractivity contribution in [1.82, 2.24) is 0 Å². The highest BCUT2D eigenvalue weighted by Crippen LogP contribution is 2.39. The smallest absolute Gasteiger partial charge is 0.104 e. The average molecular weight is 327 g/mol. The normalized spacial score (nSPS) is 21.8. The molecule has 0 bridgehead atoms. The third-order valence-corrected chi connectivity index (χ3v) is 4.47. The molecule has 2 nitrogen and oxygen atoms in total. The molecule has 0 spiro atoms. The van der Waals surface area contributed by atoms with E-state index in [1.807, 2.05) is 18.2 Å². The topological polar surface area (TPSA) is 38.0 Å². The molecule has 1 unspecified atom stereocenters.